The Labute approximate surface area is 230 Å². The molecule has 0 N–H and O–H groups in total. The van der Waals surface area contributed by atoms with Crippen molar-refractivity contribution < 1.29 is 4.42 Å². The van der Waals surface area contributed by atoms with Gasteiger partial charge in [0.05, 0.1) is 28.1 Å². The van der Waals surface area contributed by atoms with Crippen molar-refractivity contribution in [1.82, 2.24) is 9.55 Å². The molecule has 3 heterocycles. The van der Waals surface area contributed by atoms with Crippen molar-refractivity contribution >= 4 is 43.7 Å². The molecule has 0 unspecified atom stereocenters. The molecule has 0 radical (unpaired) electrons. The molecule has 186 valence electrons. The van der Waals surface area contributed by atoms with Crippen LogP contribution in [0.1, 0.15) is 5.56 Å². The molecule has 0 aliphatic rings. The minimum atomic E-state index is 0.613. The highest BCUT2D eigenvalue weighted by Crippen LogP contribution is 2.41. The highest BCUT2D eigenvalue weighted by Gasteiger charge is 2.19. The third-order valence-electron chi connectivity index (χ3n) is 7.73. The summed E-state index contributed by atoms with van der Waals surface area (Å²) < 4.78 is 8.63. The molecule has 8 rings (SSSR count). The molecule has 0 saturated heterocycles. The van der Waals surface area contributed by atoms with Crippen molar-refractivity contribution in [3.8, 4) is 34.0 Å². The SMILES string of the molecule is N#Cc1ccncc1-c1cccc(-c2cccc(-n3c4ccccc4c4ccc5oc6ccccc6c5c43)c2)c1. The van der Waals surface area contributed by atoms with E-state index in [9.17, 15) is 5.26 Å². The average molecular weight is 512 g/mol. The van der Waals surface area contributed by atoms with Gasteiger partial charge in [0.1, 0.15) is 11.2 Å². The van der Waals surface area contributed by atoms with Gasteiger partial charge in [-0.1, -0.05) is 66.7 Å². The summed E-state index contributed by atoms with van der Waals surface area (Å²) in [6, 6.07) is 42.1. The molecule has 4 nitrogen and oxygen atoms in total. The van der Waals surface area contributed by atoms with Crippen LogP contribution in [0.15, 0.2) is 132 Å². The zero-order valence-electron chi connectivity index (χ0n) is 21.4. The molecule has 3 aromatic heterocycles. The molecular formula is C36H21N3O. The van der Waals surface area contributed by atoms with Gasteiger partial charge in [-0.05, 0) is 65.2 Å². The molecule has 0 saturated carbocycles. The monoisotopic (exact) mass is 511 g/mol. The standard InChI is InChI=1S/C36H21N3O/c37-21-26-17-18-38-22-31(26)25-9-5-7-23(19-25)24-8-6-10-27(20-24)39-32-13-3-1-11-28(32)29-15-16-34-35(36(29)39)30-12-2-4-14-33(30)40-34/h1-20,22H. The van der Waals surface area contributed by atoms with Gasteiger partial charge in [0, 0.05) is 39.8 Å². The van der Waals surface area contributed by atoms with Gasteiger partial charge in [0.2, 0.25) is 0 Å². The number of para-hydroxylation sites is 2. The summed E-state index contributed by atoms with van der Waals surface area (Å²) in [4.78, 5) is 4.26. The number of nitrogens with zero attached hydrogens (tertiary/aromatic N) is 3. The molecule has 40 heavy (non-hydrogen) atoms. The van der Waals surface area contributed by atoms with Crippen LogP contribution in [0.25, 0.3) is 71.7 Å². The summed E-state index contributed by atoms with van der Waals surface area (Å²) in [5, 5.41) is 14.3. The second kappa shape index (κ2) is 8.69. The lowest BCUT2D eigenvalue weighted by molar-refractivity contribution is 0.669. The quantitative estimate of drug-likeness (QED) is 0.237. The summed E-state index contributed by atoms with van der Waals surface area (Å²) in [7, 11) is 0. The Morgan fingerprint density at radius 3 is 2.33 bits per heavy atom. The number of nitriles is 1. The highest BCUT2D eigenvalue weighted by atomic mass is 16.3. The third-order valence-corrected chi connectivity index (χ3v) is 7.73. The highest BCUT2D eigenvalue weighted by molar-refractivity contribution is 6.24. The number of rotatable bonds is 3. The predicted molar refractivity (Wildman–Crippen MR) is 161 cm³/mol. The van der Waals surface area contributed by atoms with E-state index in [4.69, 9.17) is 4.42 Å². The molecule has 0 aliphatic heterocycles. The number of furan rings is 1. The molecule has 0 aliphatic carbocycles. The molecule has 8 aromatic rings. The first-order valence-corrected chi connectivity index (χ1v) is 13.2. The summed E-state index contributed by atoms with van der Waals surface area (Å²) in [5.41, 5.74) is 9.72. The van der Waals surface area contributed by atoms with E-state index in [2.05, 4.69) is 101 Å². The topological polar surface area (TPSA) is 54.8 Å². The molecule has 4 heteroatoms. The predicted octanol–water partition coefficient (Wildman–Crippen LogP) is 9.28. The first-order chi connectivity index (χ1) is 19.8. The summed E-state index contributed by atoms with van der Waals surface area (Å²) >= 11 is 0. The van der Waals surface area contributed by atoms with E-state index in [-0.39, 0.29) is 0 Å². The van der Waals surface area contributed by atoms with E-state index in [0.29, 0.717) is 5.56 Å². The van der Waals surface area contributed by atoms with Gasteiger partial charge in [-0.3, -0.25) is 4.98 Å². The van der Waals surface area contributed by atoms with Gasteiger partial charge in [0.25, 0.3) is 0 Å². The summed E-state index contributed by atoms with van der Waals surface area (Å²) in [6.07, 6.45) is 3.41. The smallest absolute Gasteiger partial charge is 0.137 e. The molecular weight excluding hydrogens is 490 g/mol. The minimum Gasteiger partial charge on any atom is -0.456 e. The minimum absolute atomic E-state index is 0.613. The number of hydrogen-bond acceptors (Lipinski definition) is 3. The molecule has 0 amide bonds. The fraction of sp³-hybridized carbons (Fsp3) is 0. The van der Waals surface area contributed by atoms with Crippen LogP contribution in [0, 0.1) is 11.3 Å². The average Bonchev–Trinajstić information content (AvgIpc) is 3.57. The van der Waals surface area contributed by atoms with Crippen molar-refractivity contribution in [1.29, 1.82) is 5.26 Å². The van der Waals surface area contributed by atoms with Gasteiger partial charge in [-0.25, -0.2) is 0 Å². The van der Waals surface area contributed by atoms with Gasteiger partial charge in [0.15, 0.2) is 0 Å². The Hall–Kier alpha value is -5.66. The van der Waals surface area contributed by atoms with Crippen molar-refractivity contribution in [3.05, 3.63) is 133 Å². The maximum Gasteiger partial charge on any atom is 0.137 e. The summed E-state index contributed by atoms with van der Waals surface area (Å²) in [5.74, 6) is 0. The Balaban J connectivity index is 1.39. The number of hydrogen-bond donors (Lipinski definition) is 0. The van der Waals surface area contributed by atoms with Gasteiger partial charge in [-0.2, -0.15) is 5.26 Å². The Bertz CT molecular complexity index is 2300. The molecule has 0 bridgehead atoms. The van der Waals surface area contributed by atoms with Crippen LogP contribution in [0.4, 0.5) is 0 Å². The number of fused-ring (bicyclic) bond motifs is 7. The fourth-order valence-corrected chi connectivity index (χ4v) is 5.95. The number of benzene rings is 5. The van der Waals surface area contributed by atoms with Crippen molar-refractivity contribution in [2.75, 3.05) is 0 Å². The third kappa shape index (κ3) is 3.28. The molecule has 0 fully saturated rings. The Morgan fingerprint density at radius 2 is 1.43 bits per heavy atom. The second-order valence-corrected chi connectivity index (χ2v) is 9.95. The maximum absolute atomic E-state index is 9.62. The first-order valence-electron chi connectivity index (χ1n) is 13.2. The van der Waals surface area contributed by atoms with Gasteiger partial charge < -0.3 is 8.98 Å². The molecule has 0 spiro atoms. The Morgan fingerprint density at radius 1 is 0.650 bits per heavy atom. The van der Waals surface area contributed by atoms with Crippen LogP contribution in [0.3, 0.4) is 0 Å². The van der Waals surface area contributed by atoms with Crippen LogP contribution in [0.2, 0.25) is 0 Å². The summed E-state index contributed by atoms with van der Waals surface area (Å²) in [6.45, 7) is 0. The van der Waals surface area contributed by atoms with Crippen LogP contribution in [0.5, 0.6) is 0 Å². The van der Waals surface area contributed by atoms with Crippen LogP contribution >= 0.6 is 0 Å². The number of aromatic nitrogens is 2. The van der Waals surface area contributed by atoms with E-state index < -0.39 is 0 Å². The molecule has 0 atom stereocenters. The van der Waals surface area contributed by atoms with Crippen molar-refractivity contribution in [3.63, 3.8) is 0 Å². The van der Waals surface area contributed by atoms with Crippen molar-refractivity contribution in [2.45, 2.75) is 0 Å². The lowest BCUT2D eigenvalue weighted by atomic mass is 9.97. The maximum atomic E-state index is 9.62. The number of pyridine rings is 1. The normalized spacial score (nSPS) is 11.5. The van der Waals surface area contributed by atoms with E-state index in [1.807, 2.05) is 24.3 Å². The van der Waals surface area contributed by atoms with Gasteiger partial charge >= 0.3 is 0 Å². The lowest BCUT2D eigenvalue weighted by Gasteiger charge is -2.12. The van der Waals surface area contributed by atoms with Crippen LogP contribution in [-0.2, 0) is 0 Å². The van der Waals surface area contributed by atoms with E-state index >= 15 is 0 Å². The van der Waals surface area contributed by atoms with Crippen molar-refractivity contribution in [2.24, 2.45) is 0 Å². The van der Waals surface area contributed by atoms with Crippen LogP contribution < -0.4 is 0 Å². The van der Waals surface area contributed by atoms with Crippen LogP contribution in [-0.4, -0.2) is 9.55 Å². The zero-order chi connectivity index (χ0) is 26.6. The van der Waals surface area contributed by atoms with E-state index in [1.165, 1.54) is 10.8 Å². The largest absolute Gasteiger partial charge is 0.456 e. The zero-order valence-corrected chi connectivity index (χ0v) is 21.4. The first kappa shape index (κ1) is 22.3. The van der Waals surface area contributed by atoms with Gasteiger partial charge in [-0.15, -0.1) is 0 Å². The fourth-order valence-electron chi connectivity index (χ4n) is 5.95. The second-order valence-electron chi connectivity index (χ2n) is 9.95. The van der Waals surface area contributed by atoms with E-state index in [0.717, 1.165) is 60.9 Å². The lowest BCUT2D eigenvalue weighted by Crippen LogP contribution is -1.95. The van der Waals surface area contributed by atoms with E-state index in [1.54, 1.807) is 18.5 Å². The Kier molecular flexibility index (Phi) is 4.85. The molecule has 5 aromatic carbocycles.